The zero-order valence-corrected chi connectivity index (χ0v) is 41.4. The van der Waals surface area contributed by atoms with Crippen LogP contribution < -0.4 is 5.32 Å². The Hall–Kier alpha value is 0.157. The Morgan fingerprint density at radius 3 is 1.09 bits per heavy atom. The van der Waals surface area contributed by atoms with Gasteiger partial charge in [0.15, 0.2) is 14.2 Å². The summed E-state index contributed by atoms with van der Waals surface area (Å²) in [6.07, 6.45) is 56.0. The molecule has 1 atom stereocenters. The van der Waals surface area contributed by atoms with Gasteiger partial charge in [0.1, 0.15) is 0 Å². The van der Waals surface area contributed by atoms with Crippen LogP contribution in [0.3, 0.4) is 0 Å². The van der Waals surface area contributed by atoms with Crippen molar-refractivity contribution in [2.75, 3.05) is 19.4 Å². The van der Waals surface area contributed by atoms with Crippen LogP contribution in [-0.2, 0) is 9.22 Å². The lowest BCUT2D eigenvalue weighted by molar-refractivity contribution is -0.111. The van der Waals surface area contributed by atoms with Crippen LogP contribution in [0.25, 0.3) is 0 Å². The van der Waals surface area contributed by atoms with Crippen molar-refractivity contribution < 1.29 is 9.22 Å². The molecule has 0 aromatic rings. The minimum absolute atomic E-state index is 0.135. The Labute approximate surface area is 360 Å². The van der Waals surface area contributed by atoms with Crippen LogP contribution in [0.5, 0.6) is 0 Å². The van der Waals surface area contributed by atoms with E-state index in [0.717, 1.165) is 31.6 Å². The van der Waals surface area contributed by atoms with E-state index in [-0.39, 0.29) is 5.54 Å². The van der Waals surface area contributed by atoms with E-state index in [4.69, 9.17) is 4.43 Å². The number of rotatable bonds is 48. The van der Waals surface area contributed by atoms with Gasteiger partial charge in [0.25, 0.3) is 0 Å². The van der Waals surface area contributed by atoms with Gasteiger partial charge in [-0.1, -0.05) is 264 Å². The Bertz CT molecular complexity index is 734. The van der Waals surface area contributed by atoms with Crippen molar-refractivity contribution in [3.63, 3.8) is 0 Å². The summed E-state index contributed by atoms with van der Waals surface area (Å²) in [4.78, 5) is 12.5. The van der Waals surface area contributed by atoms with Crippen LogP contribution in [-0.4, -0.2) is 39.1 Å². The van der Waals surface area contributed by atoms with Gasteiger partial charge in [0.2, 0.25) is 0 Å². The Balaban J connectivity index is 4.40. The molecule has 0 radical (unpaired) electrons. The van der Waals surface area contributed by atoms with Crippen LogP contribution >= 0.6 is 11.8 Å². The molecular weight excluding hydrogens is 719 g/mol. The third-order valence-corrected chi connectivity index (χ3v) is 15.7. The summed E-state index contributed by atoms with van der Waals surface area (Å²) in [5, 5.41) is 4.25. The number of likely N-dealkylation sites (N-methyl/N-ethyl adjacent to an activating group) is 1. The van der Waals surface area contributed by atoms with Gasteiger partial charge in [-0.15, -0.1) is 0 Å². The lowest BCUT2D eigenvalue weighted by Gasteiger charge is -2.35. The van der Waals surface area contributed by atoms with E-state index >= 15 is 0 Å². The predicted molar refractivity (Wildman–Crippen MR) is 259 cm³/mol. The number of carbonyl (C=O) groups excluding carboxylic acids is 1. The van der Waals surface area contributed by atoms with Crippen LogP contribution in [0.2, 0.25) is 12.6 Å². The summed E-state index contributed by atoms with van der Waals surface area (Å²) in [6.45, 7) is 10.2. The summed E-state index contributed by atoms with van der Waals surface area (Å²) in [7, 11) is 0.964. The number of nitrogens with one attached hydrogen (secondary N) is 1. The second kappa shape index (κ2) is 46.2. The lowest BCUT2D eigenvalue weighted by Crippen LogP contribution is -2.48. The van der Waals surface area contributed by atoms with Crippen LogP contribution in [0, 0.1) is 0 Å². The maximum Gasteiger partial charge on any atom is 0.188 e. The van der Waals surface area contributed by atoms with Crippen LogP contribution in [0.15, 0.2) is 0 Å². The molecule has 0 aromatic heterocycles. The molecule has 3 nitrogen and oxygen atoms in total. The molecule has 0 rings (SSSR count). The summed E-state index contributed by atoms with van der Waals surface area (Å²) in [6, 6.07) is 1.19. The Morgan fingerprint density at radius 1 is 0.464 bits per heavy atom. The zero-order valence-electron chi connectivity index (χ0n) is 39.4. The first-order chi connectivity index (χ1) is 27.5. The fourth-order valence-electron chi connectivity index (χ4n) is 8.50. The zero-order chi connectivity index (χ0) is 40.9. The van der Waals surface area contributed by atoms with Crippen LogP contribution in [0.1, 0.15) is 284 Å². The van der Waals surface area contributed by atoms with Crippen molar-refractivity contribution in [1.82, 2.24) is 5.32 Å². The average molecular weight is 825 g/mol. The molecule has 0 aromatic carbocycles. The molecule has 0 fully saturated rings. The normalized spacial score (nSPS) is 12.5. The van der Waals surface area contributed by atoms with E-state index in [1.54, 1.807) is 11.8 Å². The van der Waals surface area contributed by atoms with Gasteiger partial charge in [-0.3, -0.25) is 4.79 Å². The smallest absolute Gasteiger partial charge is 0.188 e. The Kier molecular flexibility index (Phi) is 46.4. The average Bonchev–Trinajstić information content (AvgIpc) is 3.20. The second-order valence-electron chi connectivity index (χ2n) is 18.3. The van der Waals surface area contributed by atoms with Crippen molar-refractivity contribution in [2.24, 2.45) is 0 Å². The predicted octanol–water partition coefficient (Wildman–Crippen LogP) is 17.6. The van der Waals surface area contributed by atoms with Crippen molar-refractivity contribution >= 4 is 25.9 Å². The minimum atomic E-state index is -1.24. The number of thioether (sulfide) groups is 1. The van der Waals surface area contributed by atoms with Gasteiger partial charge < -0.3 is 9.74 Å². The Morgan fingerprint density at radius 2 is 0.768 bits per heavy atom. The molecule has 336 valence electrons. The first-order valence-electron chi connectivity index (χ1n) is 26.0. The van der Waals surface area contributed by atoms with E-state index in [1.165, 1.54) is 250 Å². The van der Waals surface area contributed by atoms with E-state index in [2.05, 4.69) is 39.7 Å². The van der Waals surface area contributed by atoms with E-state index in [0.29, 0.717) is 5.12 Å². The SMILES string of the molecule is CCCCCCCCCCCCCCCCC(CCCCCCCCCCCCCCCC)(CO[SiH](C)CCCSC(=O)CCCCCCCCCCC)NC. The summed E-state index contributed by atoms with van der Waals surface area (Å²) < 4.78 is 6.76. The van der Waals surface area contributed by atoms with Crippen molar-refractivity contribution in [1.29, 1.82) is 0 Å². The van der Waals surface area contributed by atoms with Gasteiger partial charge in [0.05, 0.1) is 6.61 Å². The monoisotopic (exact) mass is 824 g/mol. The number of unbranched alkanes of at least 4 members (excludes halogenated alkanes) is 34. The molecule has 0 aliphatic rings. The van der Waals surface area contributed by atoms with Crippen molar-refractivity contribution in [3.05, 3.63) is 0 Å². The number of hydrogen-bond acceptors (Lipinski definition) is 4. The molecular formula is C51H105NO2SSi. The first-order valence-corrected chi connectivity index (χ1v) is 29.4. The van der Waals surface area contributed by atoms with Gasteiger partial charge in [-0.2, -0.15) is 0 Å². The lowest BCUT2D eigenvalue weighted by atomic mass is 9.87. The first kappa shape index (κ1) is 56.2. The summed E-state index contributed by atoms with van der Waals surface area (Å²) in [5.74, 6) is 0.978. The third-order valence-electron chi connectivity index (χ3n) is 12.7. The fourth-order valence-corrected chi connectivity index (χ4v) is 11.2. The molecule has 0 amide bonds. The highest BCUT2D eigenvalue weighted by molar-refractivity contribution is 8.13. The highest BCUT2D eigenvalue weighted by Crippen LogP contribution is 2.26. The molecule has 0 saturated carbocycles. The van der Waals surface area contributed by atoms with Gasteiger partial charge in [-0.05, 0) is 45.3 Å². The second-order valence-corrected chi connectivity index (χ2v) is 22.0. The van der Waals surface area contributed by atoms with Crippen molar-refractivity contribution in [2.45, 2.75) is 302 Å². The molecule has 0 spiro atoms. The molecule has 0 saturated heterocycles. The van der Waals surface area contributed by atoms with Crippen molar-refractivity contribution in [3.8, 4) is 0 Å². The largest absolute Gasteiger partial charge is 0.418 e. The topological polar surface area (TPSA) is 38.3 Å². The highest BCUT2D eigenvalue weighted by Gasteiger charge is 2.28. The number of carbonyl (C=O) groups is 1. The highest BCUT2D eigenvalue weighted by atomic mass is 32.2. The summed E-state index contributed by atoms with van der Waals surface area (Å²) >= 11 is 1.59. The maximum atomic E-state index is 12.5. The molecule has 56 heavy (non-hydrogen) atoms. The summed E-state index contributed by atoms with van der Waals surface area (Å²) in [5.41, 5.74) is 0.135. The fraction of sp³-hybridized carbons (Fsp3) is 0.980. The molecule has 1 N–H and O–H groups in total. The van der Waals surface area contributed by atoms with E-state index < -0.39 is 9.04 Å². The molecule has 0 bridgehead atoms. The molecule has 5 heteroatoms. The molecule has 0 aliphatic heterocycles. The minimum Gasteiger partial charge on any atom is -0.418 e. The standard InChI is InChI=1S/C51H105NO2SSi/c1-6-9-12-15-18-21-23-25-27-29-32-35-38-41-45-51(52-4,46-42-39-36-33-30-28-26-24-22-19-16-13-10-7-2)49-54-56(5)48-43-47-55-50(53)44-40-37-34-31-20-17-14-11-8-3/h52,56H,6-49H2,1-5H3. The quantitative estimate of drug-likeness (QED) is 0.0490. The number of hydrogen-bond donors (Lipinski definition) is 1. The molecule has 1 unspecified atom stereocenters. The van der Waals surface area contributed by atoms with E-state index in [1.807, 2.05) is 0 Å². The third kappa shape index (κ3) is 40.9. The molecule has 0 aliphatic carbocycles. The van der Waals surface area contributed by atoms with Gasteiger partial charge in [-0.25, -0.2) is 0 Å². The molecule has 0 heterocycles. The van der Waals surface area contributed by atoms with Gasteiger partial charge in [0, 0.05) is 17.7 Å². The van der Waals surface area contributed by atoms with Gasteiger partial charge >= 0.3 is 0 Å². The maximum absolute atomic E-state index is 12.5. The van der Waals surface area contributed by atoms with Crippen LogP contribution in [0.4, 0.5) is 0 Å². The van der Waals surface area contributed by atoms with E-state index in [9.17, 15) is 4.79 Å².